The van der Waals surface area contributed by atoms with E-state index in [1.165, 1.54) is 16.4 Å². The summed E-state index contributed by atoms with van der Waals surface area (Å²) in [5, 5.41) is 0. The van der Waals surface area contributed by atoms with E-state index in [0.29, 0.717) is 38.3 Å². The highest BCUT2D eigenvalue weighted by Gasteiger charge is 2.27. The molecule has 0 unspecified atom stereocenters. The van der Waals surface area contributed by atoms with Crippen LogP contribution >= 0.6 is 0 Å². The van der Waals surface area contributed by atoms with Gasteiger partial charge in [-0.1, -0.05) is 0 Å². The number of halogens is 1. The molecule has 0 N–H and O–H groups in total. The Morgan fingerprint density at radius 1 is 1.28 bits per heavy atom. The topological polar surface area (TPSA) is 46.6 Å². The Hall–Kier alpha value is -1.14. The Balaban J connectivity index is 1.72. The van der Waals surface area contributed by atoms with E-state index in [-0.39, 0.29) is 11.6 Å². The molecule has 2 rings (SSSR count). The average Bonchev–Trinajstić information content (AvgIpc) is 2.66. The van der Waals surface area contributed by atoms with Crippen molar-refractivity contribution in [1.29, 1.82) is 0 Å². The molecule has 0 atom stereocenters. The molecule has 0 bridgehead atoms. The van der Waals surface area contributed by atoms with Gasteiger partial charge in [0.2, 0.25) is 10.0 Å². The van der Waals surface area contributed by atoms with E-state index in [1.807, 2.05) is 0 Å². The molecule has 0 spiro atoms. The number of sulfonamides is 1. The summed E-state index contributed by atoms with van der Waals surface area (Å²) in [6, 6.07) is 5.78. The Morgan fingerprint density at radius 2 is 2.00 bits per heavy atom. The van der Waals surface area contributed by atoms with Gasteiger partial charge in [0.25, 0.3) is 0 Å². The fourth-order valence-corrected chi connectivity index (χ4v) is 3.47. The Labute approximate surface area is 106 Å². The molecule has 4 nitrogen and oxygen atoms in total. The van der Waals surface area contributed by atoms with Gasteiger partial charge in [0.1, 0.15) is 11.6 Å². The predicted octanol–water partition coefficient (Wildman–Crippen LogP) is 1.63. The average molecular weight is 273 g/mol. The molecule has 1 aromatic carbocycles. The molecule has 1 heterocycles. The molecule has 0 amide bonds. The number of benzene rings is 1. The van der Waals surface area contributed by atoms with Crippen molar-refractivity contribution in [1.82, 2.24) is 4.31 Å². The Morgan fingerprint density at radius 3 is 2.61 bits per heavy atom. The third-order valence-electron chi connectivity index (χ3n) is 2.84. The van der Waals surface area contributed by atoms with Crippen molar-refractivity contribution in [3.05, 3.63) is 30.1 Å². The minimum absolute atomic E-state index is 0.256. The second-order valence-corrected chi connectivity index (χ2v) is 6.31. The van der Waals surface area contributed by atoms with Crippen LogP contribution in [0.25, 0.3) is 0 Å². The maximum Gasteiger partial charge on any atom is 0.214 e. The summed E-state index contributed by atoms with van der Waals surface area (Å²) in [4.78, 5) is 0. The van der Waals surface area contributed by atoms with Crippen LogP contribution in [0.3, 0.4) is 0 Å². The van der Waals surface area contributed by atoms with Gasteiger partial charge in [-0.2, -0.15) is 0 Å². The van der Waals surface area contributed by atoms with Crippen molar-refractivity contribution < 1.29 is 17.5 Å². The van der Waals surface area contributed by atoms with Gasteiger partial charge in [0, 0.05) is 13.1 Å². The molecule has 0 saturated carbocycles. The van der Waals surface area contributed by atoms with Crippen LogP contribution in [0, 0.1) is 5.82 Å². The second kappa shape index (κ2) is 5.67. The number of nitrogens with zero attached hydrogens (tertiary/aromatic N) is 1. The van der Waals surface area contributed by atoms with E-state index in [2.05, 4.69) is 0 Å². The molecule has 1 saturated heterocycles. The van der Waals surface area contributed by atoms with E-state index in [0.717, 1.165) is 0 Å². The molecular formula is C12H16FNO3S. The summed E-state index contributed by atoms with van der Waals surface area (Å²) in [6.07, 6.45) is 1.34. The molecule has 18 heavy (non-hydrogen) atoms. The smallest absolute Gasteiger partial charge is 0.214 e. The van der Waals surface area contributed by atoms with Crippen LogP contribution in [0.1, 0.15) is 12.8 Å². The maximum atomic E-state index is 12.6. The second-order valence-electron chi connectivity index (χ2n) is 4.22. The minimum Gasteiger partial charge on any atom is -0.494 e. The zero-order valence-corrected chi connectivity index (χ0v) is 10.8. The Kier molecular flexibility index (Phi) is 4.19. The predicted molar refractivity (Wildman–Crippen MR) is 66.5 cm³/mol. The van der Waals surface area contributed by atoms with E-state index < -0.39 is 10.0 Å². The normalized spacial score (nSPS) is 18.9. The van der Waals surface area contributed by atoms with Crippen molar-refractivity contribution in [3.63, 3.8) is 0 Å². The van der Waals surface area contributed by atoms with Crippen molar-refractivity contribution >= 4 is 10.0 Å². The van der Waals surface area contributed by atoms with Gasteiger partial charge in [-0.15, -0.1) is 0 Å². The van der Waals surface area contributed by atoms with Gasteiger partial charge in [-0.3, -0.25) is 0 Å². The summed E-state index contributed by atoms with van der Waals surface area (Å²) in [5.41, 5.74) is 0. The van der Waals surface area contributed by atoms with Gasteiger partial charge < -0.3 is 4.74 Å². The van der Waals surface area contributed by atoms with Crippen LogP contribution in [-0.4, -0.2) is 38.2 Å². The molecule has 0 aliphatic carbocycles. The van der Waals surface area contributed by atoms with Crippen LogP contribution in [0.2, 0.25) is 0 Å². The summed E-state index contributed by atoms with van der Waals surface area (Å²) in [7, 11) is -3.01. The lowest BCUT2D eigenvalue weighted by molar-refractivity contribution is 0.292. The van der Waals surface area contributed by atoms with E-state index in [1.54, 1.807) is 12.1 Å². The highest BCUT2D eigenvalue weighted by Crippen LogP contribution is 2.14. The van der Waals surface area contributed by atoms with Crippen LogP contribution < -0.4 is 4.74 Å². The van der Waals surface area contributed by atoms with Gasteiger partial charge in [-0.25, -0.2) is 17.1 Å². The van der Waals surface area contributed by atoms with Gasteiger partial charge in [0.15, 0.2) is 0 Å². The maximum absolute atomic E-state index is 12.6. The third kappa shape index (κ3) is 3.43. The fraction of sp³-hybridized carbons (Fsp3) is 0.500. The van der Waals surface area contributed by atoms with Crippen molar-refractivity contribution in [2.24, 2.45) is 0 Å². The van der Waals surface area contributed by atoms with E-state index in [9.17, 15) is 12.8 Å². The van der Waals surface area contributed by atoms with Crippen LogP contribution in [-0.2, 0) is 10.0 Å². The monoisotopic (exact) mass is 273 g/mol. The molecular weight excluding hydrogens is 257 g/mol. The number of hydrogen-bond acceptors (Lipinski definition) is 3. The summed E-state index contributed by atoms with van der Waals surface area (Å²) in [6.45, 7) is 1.53. The molecule has 6 heteroatoms. The number of hydrogen-bond donors (Lipinski definition) is 0. The largest absolute Gasteiger partial charge is 0.494 e. The first-order chi connectivity index (χ1) is 8.58. The molecule has 0 radical (unpaired) electrons. The lowest BCUT2D eigenvalue weighted by atomic mass is 10.3. The van der Waals surface area contributed by atoms with Gasteiger partial charge in [-0.05, 0) is 37.1 Å². The van der Waals surface area contributed by atoms with Crippen LogP contribution in [0.4, 0.5) is 4.39 Å². The first kappa shape index (κ1) is 13.3. The summed E-state index contributed by atoms with van der Waals surface area (Å²) >= 11 is 0. The SMILES string of the molecule is O=S1(=O)CCCN1CCCOc1ccc(F)cc1. The van der Waals surface area contributed by atoms with Crippen molar-refractivity contribution in [2.75, 3.05) is 25.4 Å². The molecule has 0 aromatic heterocycles. The van der Waals surface area contributed by atoms with Crippen LogP contribution in [0.15, 0.2) is 24.3 Å². The van der Waals surface area contributed by atoms with Gasteiger partial charge >= 0.3 is 0 Å². The minimum atomic E-state index is -3.01. The molecule has 1 aliphatic rings. The van der Waals surface area contributed by atoms with Crippen molar-refractivity contribution in [2.45, 2.75) is 12.8 Å². The highest BCUT2D eigenvalue weighted by molar-refractivity contribution is 7.89. The number of ether oxygens (including phenoxy) is 1. The lowest BCUT2D eigenvalue weighted by Crippen LogP contribution is -2.27. The molecule has 1 fully saturated rings. The molecule has 1 aromatic rings. The Bertz CT molecular complexity index is 487. The van der Waals surface area contributed by atoms with E-state index >= 15 is 0 Å². The van der Waals surface area contributed by atoms with E-state index in [4.69, 9.17) is 4.74 Å². The highest BCUT2D eigenvalue weighted by atomic mass is 32.2. The fourth-order valence-electron chi connectivity index (χ4n) is 1.90. The lowest BCUT2D eigenvalue weighted by Gasteiger charge is -2.14. The van der Waals surface area contributed by atoms with Crippen LogP contribution in [0.5, 0.6) is 5.75 Å². The summed E-state index contributed by atoms with van der Waals surface area (Å²) < 4.78 is 42.6. The summed E-state index contributed by atoms with van der Waals surface area (Å²) in [5.74, 6) is 0.553. The zero-order valence-electron chi connectivity index (χ0n) is 10.0. The first-order valence-electron chi connectivity index (χ1n) is 5.94. The standard InChI is InChI=1S/C12H16FNO3S/c13-11-3-5-12(6-4-11)17-9-1-7-14-8-2-10-18(14,15)16/h3-6H,1-2,7-10H2. The third-order valence-corrected chi connectivity index (χ3v) is 4.79. The zero-order chi connectivity index (χ0) is 13.0. The quantitative estimate of drug-likeness (QED) is 0.766. The van der Waals surface area contributed by atoms with Crippen molar-refractivity contribution in [3.8, 4) is 5.75 Å². The molecule has 1 aliphatic heterocycles. The van der Waals surface area contributed by atoms with Gasteiger partial charge in [0.05, 0.1) is 12.4 Å². The molecule has 100 valence electrons. The number of rotatable bonds is 5. The first-order valence-corrected chi connectivity index (χ1v) is 7.55.